The van der Waals surface area contributed by atoms with Gasteiger partial charge in [0, 0.05) is 6.04 Å². The molecule has 0 aromatic heterocycles. The molecule has 17 heavy (non-hydrogen) atoms. The zero-order chi connectivity index (χ0) is 12.6. The Kier molecular flexibility index (Phi) is 2.62. The van der Waals surface area contributed by atoms with Gasteiger partial charge in [-0.15, -0.1) is 8.78 Å². The van der Waals surface area contributed by atoms with Gasteiger partial charge in [0.05, 0.1) is 6.42 Å². The number of hydrogen-bond acceptors (Lipinski definition) is 4. The Hall–Kier alpha value is -1.89. The van der Waals surface area contributed by atoms with Crippen LogP contribution in [-0.2, 0) is 4.79 Å². The van der Waals surface area contributed by atoms with Gasteiger partial charge in [-0.3, -0.25) is 4.79 Å². The number of aliphatic carboxylic acids is 1. The number of carbonyl (C=O) groups is 1. The molecular formula is C10H9F2NO4. The van der Waals surface area contributed by atoms with E-state index in [2.05, 4.69) is 9.47 Å². The first-order chi connectivity index (χ1) is 7.87. The van der Waals surface area contributed by atoms with E-state index in [9.17, 15) is 13.6 Å². The van der Waals surface area contributed by atoms with Crippen LogP contribution in [0.25, 0.3) is 0 Å². The molecule has 0 saturated heterocycles. The normalized spacial score (nSPS) is 17.8. The van der Waals surface area contributed by atoms with Crippen LogP contribution < -0.4 is 15.2 Å². The highest BCUT2D eigenvalue weighted by atomic mass is 19.3. The van der Waals surface area contributed by atoms with Gasteiger partial charge in [0.15, 0.2) is 11.5 Å². The standard InChI is InChI=1S/C10H9F2NO4/c11-10(12)16-7-2-1-5(3-8(7)17-10)6(13)4-9(14)15/h1-3,6H,4,13H2,(H,14,15)/t6-/m1/s1. The van der Waals surface area contributed by atoms with Gasteiger partial charge >= 0.3 is 12.3 Å². The van der Waals surface area contributed by atoms with Crippen LogP contribution >= 0.6 is 0 Å². The number of hydrogen-bond donors (Lipinski definition) is 2. The smallest absolute Gasteiger partial charge is 0.481 e. The summed E-state index contributed by atoms with van der Waals surface area (Å²) in [6.45, 7) is 0. The largest absolute Gasteiger partial charge is 0.586 e. The maximum atomic E-state index is 12.7. The number of carboxylic acids is 1. The lowest BCUT2D eigenvalue weighted by Crippen LogP contribution is -2.25. The Labute approximate surface area is 94.7 Å². The molecular weight excluding hydrogens is 236 g/mol. The summed E-state index contributed by atoms with van der Waals surface area (Å²) in [7, 11) is 0. The molecule has 1 aromatic rings. The molecule has 0 fully saturated rings. The zero-order valence-corrected chi connectivity index (χ0v) is 8.52. The third-order valence-electron chi connectivity index (χ3n) is 2.25. The number of ether oxygens (including phenoxy) is 2. The lowest BCUT2D eigenvalue weighted by molar-refractivity contribution is -0.286. The van der Waals surface area contributed by atoms with Crippen LogP contribution in [0.3, 0.4) is 0 Å². The summed E-state index contributed by atoms with van der Waals surface area (Å²) in [6.07, 6.45) is -3.98. The quantitative estimate of drug-likeness (QED) is 0.842. The Bertz CT molecular complexity index is 464. The Morgan fingerprint density at radius 2 is 2.06 bits per heavy atom. The van der Waals surface area contributed by atoms with Crippen LogP contribution in [0.4, 0.5) is 8.78 Å². The summed E-state index contributed by atoms with van der Waals surface area (Å²) in [5.41, 5.74) is 5.99. The van der Waals surface area contributed by atoms with Crippen molar-refractivity contribution in [3.05, 3.63) is 23.8 Å². The van der Waals surface area contributed by atoms with Crippen molar-refractivity contribution in [1.82, 2.24) is 0 Å². The highest BCUT2D eigenvalue weighted by Crippen LogP contribution is 2.41. The van der Waals surface area contributed by atoms with E-state index in [1.54, 1.807) is 0 Å². The van der Waals surface area contributed by atoms with Gasteiger partial charge in [-0.05, 0) is 17.7 Å². The second-order valence-electron chi connectivity index (χ2n) is 3.58. The molecule has 3 N–H and O–H groups in total. The highest BCUT2D eigenvalue weighted by Gasteiger charge is 2.43. The first-order valence-electron chi connectivity index (χ1n) is 4.74. The molecule has 1 aromatic carbocycles. The van der Waals surface area contributed by atoms with Crippen molar-refractivity contribution in [3.8, 4) is 11.5 Å². The number of fused-ring (bicyclic) bond motifs is 1. The predicted molar refractivity (Wildman–Crippen MR) is 51.8 cm³/mol. The van der Waals surface area contributed by atoms with E-state index >= 15 is 0 Å². The van der Waals surface area contributed by atoms with Gasteiger partial charge < -0.3 is 20.3 Å². The Balaban J connectivity index is 2.21. The number of rotatable bonds is 3. The van der Waals surface area contributed by atoms with Crippen molar-refractivity contribution in [3.63, 3.8) is 0 Å². The minimum Gasteiger partial charge on any atom is -0.481 e. The Morgan fingerprint density at radius 1 is 1.41 bits per heavy atom. The SMILES string of the molecule is N[C@H](CC(=O)O)c1ccc2c(c1)OC(F)(F)O2. The van der Waals surface area contributed by atoms with Crippen LogP contribution in [0, 0.1) is 0 Å². The second-order valence-corrected chi connectivity index (χ2v) is 3.58. The van der Waals surface area contributed by atoms with Crippen molar-refractivity contribution in [2.24, 2.45) is 5.73 Å². The topological polar surface area (TPSA) is 81.8 Å². The monoisotopic (exact) mass is 245 g/mol. The summed E-state index contributed by atoms with van der Waals surface area (Å²) >= 11 is 0. The molecule has 2 rings (SSSR count). The molecule has 1 aliphatic rings. The first-order valence-corrected chi connectivity index (χ1v) is 4.74. The van der Waals surface area contributed by atoms with Gasteiger partial charge in [-0.2, -0.15) is 0 Å². The Morgan fingerprint density at radius 3 is 2.71 bits per heavy atom. The maximum absolute atomic E-state index is 12.7. The number of benzene rings is 1. The maximum Gasteiger partial charge on any atom is 0.586 e. The van der Waals surface area contributed by atoms with E-state index in [4.69, 9.17) is 10.8 Å². The summed E-state index contributed by atoms with van der Waals surface area (Å²) in [4.78, 5) is 10.5. The minimum absolute atomic E-state index is 0.0960. The molecule has 0 radical (unpaired) electrons. The molecule has 1 aliphatic heterocycles. The summed E-state index contributed by atoms with van der Waals surface area (Å²) < 4.78 is 33.8. The third kappa shape index (κ3) is 2.44. The van der Waals surface area contributed by atoms with Crippen LogP contribution in [0.5, 0.6) is 11.5 Å². The van der Waals surface area contributed by atoms with E-state index in [0.29, 0.717) is 5.56 Å². The van der Waals surface area contributed by atoms with Crippen molar-refractivity contribution < 1.29 is 28.2 Å². The van der Waals surface area contributed by atoms with E-state index in [-0.39, 0.29) is 17.9 Å². The minimum atomic E-state index is -3.68. The lowest BCUT2D eigenvalue weighted by Gasteiger charge is -2.09. The summed E-state index contributed by atoms with van der Waals surface area (Å²) in [5, 5.41) is 8.57. The number of halogens is 2. The molecule has 0 aliphatic carbocycles. The zero-order valence-electron chi connectivity index (χ0n) is 8.52. The average molecular weight is 245 g/mol. The molecule has 7 heteroatoms. The number of carboxylic acid groups (broad SMARTS) is 1. The van der Waals surface area contributed by atoms with Gasteiger partial charge in [-0.25, -0.2) is 0 Å². The lowest BCUT2D eigenvalue weighted by atomic mass is 10.0. The first kappa shape index (κ1) is 11.6. The fraction of sp³-hybridized carbons (Fsp3) is 0.300. The van der Waals surface area contributed by atoms with Crippen molar-refractivity contribution in [2.45, 2.75) is 18.8 Å². The molecule has 0 amide bonds. The van der Waals surface area contributed by atoms with E-state index in [0.717, 1.165) is 0 Å². The van der Waals surface area contributed by atoms with E-state index in [1.165, 1.54) is 18.2 Å². The summed E-state index contributed by atoms with van der Waals surface area (Å²) in [5.74, 6) is -1.31. The average Bonchev–Trinajstić information content (AvgIpc) is 2.48. The van der Waals surface area contributed by atoms with Gasteiger partial charge in [0.1, 0.15) is 0 Å². The van der Waals surface area contributed by atoms with Crippen LogP contribution in [-0.4, -0.2) is 17.4 Å². The fourth-order valence-electron chi connectivity index (χ4n) is 1.50. The molecule has 0 unspecified atom stereocenters. The van der Waals surface area contributed by atoms with Crippen molar-refractivity contribution >= 4 is 5.97 Å². The second kappa shape index (κ2) is 3.85. The third-order valence-corrected chi connectivity index (χ3v) is 2.25. The molecule has 1 heterocycles. The predicted octanol–water partition coefficient (Wildman–Crippen LogP) is 1.48. The molecule has 5 nitrogen and oxygen atoms in total. The van der Waals surface area contributed by atoms with Gasteiger partial charge in [-0.1, -0.05) is 6.07 Å². The van der Waals surface area contributed by atoms with Crippen molar-refractivity contribution in [2.75, 3.05) is 0 Å². The molecule has 0 saturated carbocycles. The summed E-state index contributed by atoms with van der Waals surface area (Å²) in [6, 6.07) is 3.17. The number of nitrogens with two attached hydrogens (primary N) is 1. The van der Waals surface area contributed by atoms with Gasteiger partial charge in [0.25, 0.3) is 0 Å². The number of alkyl halides is 2. The fourth-order valence-corrected chi connectivity index (χ4v) is 1.50. The molecule has 92 valence electrons. The van der Waals surface area contributed by atoms with Crippen molar-refractivity contribution in [1.29, 1.82) is 0 Å². The molecule has 0 spiro atoms. The van der Waals surface area contributed by atoms with Crippen LogP contribution in [0.2, 0.25) is 0 Å². The van der Waals surface area contributed by atoms with Gasteiger partial charge in [0.2, 0.25) is 0 Å². The molecule has 1 atom stereocenters. The molecule has 0 bridgehead atoms. The van der Waals surface area contributed by atoms with E-state index in [1.807, 2.05) is 0 Å². The van der Waals surface area contributed by atoms with E-state index < -0.39 is 18.3 Å². The van der Waals surface area contributed by atoms with Crippen LogP contribution in [0.15, 0.2) is 18.2 Å². The highest BCUT2D eigenvalue weighted by molar-refractivity contribution is 5.68. The van der Waals surface area contributed by atoms with Crippen LogP contribution in [0.1, 0.15) is 18.0 Å².